The zero-order valence-corrected chi connectivity index (χ0v) is 18.6. The average Bonchev–Trinajstić information content (AvgIpc) is 3.16. The minimum Gasteiger partial charge on any atom is -0.478 e. The lowest BCUT2D eigenvalue weighted by molar-refractivity contribution is -0.134. The summed E-state index contributed by atoms with van der Waals surface area (Å²) in [6.07, 6.45) is 1.12. The smallest absolute Gasteiger partial charge is 0.328 e. The fourth-order valence-corrected chi connectivity index (χ4v) is 3.70. The van der Waals surface area contributed by atoms with Gasteiger partial charge in [-0.3, -0.25) is 4.79 Å². The number of imidazole rings is 1. The molecule has 2 N–H and O–H groups in total. The van der Waals surface area contributed by atoms with Crippen molar-refractivity contribution >= 4 is 29.5 Å². The van der Waals surface area contributed by atoms with E-state index in [9.17, 15) is 14.4 Å². The Balaban J connectivity index is 0.000000390. The van der Waals surface area contributed by atoms with E-state index in [2.05, 4.69) is 35.8 Å². The minimum atomic E-state index is -1.26. The molecule has 32 heavy (non-hydrogen) atoms. The molecule has 3 aromatic rings. The Morgan fingerprint density at radius 2 is 1.41 bits per heavy atom. The van der Waals surface area contributed by atoms with Crippen LogP contribution >= 0.6 is 11.8 Å². The molecule has 7 nitrogen and oxygen atoms in total. The van der Waals surface area contributed by atoms with E-state index in [4.69, 9.17) is 15.2 Å². The summed E-state index contributed by atoms with van der Waals surface area (Å²) in [7, 11) is 0. The van der Waals surface area contributed by atoms with Crippen LogP contribution in [-0.2, 0) is 20.9 Å². The highest BCUT2D eigenvalue weighted by molar-refractivity contribution is 7.99. The zero-order valence-electron chi connectivity index (χ0n) is 17.8. The molecule has 1 heterocycles. The first kappa shape index (κ1) is 24.6. The number of carbonyl (C=O) groups excluding carboxylic acids is 1. The van der Waals surface area contributed by atoms with Crippen molar-refractivity contribution in [1.29, 1.82) is 0 Å². The Bertz CT molecular complexity index is 1080. The Morgan fingerprint density at radius 1 is 0.906 bits per heavy atom. The van der Waals surface area contributed by atoms with Crippen molar-refractivity contribution in [3.63, 3.8) is 0 Å². The van der Waals surface area contributed by atoms with Crippen molar-refractivity contribution < 1.29 is 24.6 Å². The lowest BCUT2D eigenvalue weighted by Crippen LogP contribution is -2.01. The fourth-order valence-electron chi connectivity index (χ4n) is 2.83. The highest BCUT2D eigenvalue weighted by Crippen LogP contribution is 2.35. The van der Waals surface area contributed by atoms with Crippen LogP contribution in [0, 0.1) is 0 Å². The molecule has 0 spiro atoms. The number of ketones is 1. The molecule has 0 atom stereocenters. The fraction of sp³-hybridized carbons (Fsp3) is 0.167. The van der Waals surface area contributed by atoms with Gasteiger partial charge >= 0.3 is 11.9 Å². The number of thioether (sulfide) groups is 1. The molecule has 0 bridgehead atoms. The van der Waals surface area contributed by atoms with Crippen molar-refractivity contribution in [2.24, 2.45) is 0 Å². The van der Waals surface area contributed by atoms with Gasteiger partial charge < -0.3 is 14.8 Å². The maximum atomic E-state index is 11.4. The highest BCUT2D eigenvalue weighted by Gasteiger charge is 2.19. The Kier molecular flexibility index (Phi) is 9.43. The predicted octanol–water partition coefficient (Wildman–Crippen LogP) is 4.63. The monoisotopic (exact) mass is 452 g/mol. The maximum Gasteiger partial charge on any atom is 0.328 e. The minimum absolute atomic E-state index is 0.160. The summed E-state index contributed by atoms with van der Waals surface area (Å²) < 4.78 is 2.20. The van der Waals surface area contributed by atoms with Gasteiger partial charge in [0.05, 0.1) is 17.1 Å². The molecule has 0 unspecified atom stereocenters. The Labute approximate surface area is 190 Å². The van der Waals surface area contributed by atoms with Crippen molar-refractivity contribution in [3.8, 4) is 22.5 Å². The number of hydrogen-bond acceptors (Lipinski definition) is 5. The van der Waals surface area contributed by atoms with Gasteiger partial charge in [0.2, 0.25) is 0 Å². The second-order valence-electron chi connectivity index (χ2n) is 6.57. The van der Waals surface area contributed by atoms with Crippen LogP contribution in [0.2, 0.25) is 0 Å². The normalized spacial score (nSPS) is 10.4. The molecule has 0 amide bonds. The van der Waals surface area contributed by atoms with Crippen LogP contribution in [0.1, 0.15) is 13.8 Å². The molecule has 0 saturated heterocycles. The summed E-state index contributed by atoms with van der Waals surface area (Å²) in [4.78, 5) is 35.4. The van der Waals surface area contributed by atoms with Crippen LogP contribution in [0.3, 0.4) is 0 Å². The summed E-state index contributed by atoms with van der Waals surface area (Å²) in [6, 6.07) is 20.5. The van der Waals surface area contributed by atoms with E-state index in [-0.39, 0.29) is 5.78 Å². The third-order valence-corrected chi connectivity index (χ3v) is 5.24. The lowest BCUT2D eigenvalue weighted by Gasteiger charge is -2.10. The van der Waals surface area contributed by atoms with Gasteiger partial charge in [-0.2, -0.15) is 0 Å². The number of hydrogen-bond donors (Lipinski definition) is 2. The summed E-state index contributed by atoms with van der Waals surface area (Å²) in [5.74, 6) is -1.91. The molecular weight excluding hydrogens is 428 g/mol. The Hall–Kier alpha value is -3.65. The van der Waals surface area contributed by atoms with Gasteiger partial charge in [0, 0.05) is 29.8 Å². The summed E-state index contributed by atoms with van der Waals surface area (Å²) >= 11 is 1.51. The van der Waals surface area contributed by atoms with E-state index in [0.29, 0.717) is 17.9 Å². The third kappa shape index (κ3) is 7.24. The van der Waals surface area contributed by atoms with Gasteiger partial charge in [-0.15, -0.1) is 0 Å². The number of carboxylic acids is 2. The molecule has 0 radical (unpaired) electrons. The zero-order chi connectivity index (χ0) is 23.5. The SMILES string of the molecule is CCn1c(SCC(C)=O)nc(-c2ccccc2)c1-c1ccccc1.O=C(O)/C=C\C(=O)O. The predicted molar refractivity (Wildman–Crippen MR) is 125 cm³/mol. The standard InChI is InChI=1S/C20H20N2OS.C4H4O4/c1-3-22-19(17-12-8-5-9-13-17)18(16-10-6-4-7-11-16)21-20(22)24-14-15(2)23;5-3(6)1-2-4(7)8/h4-13H,3,14H2,1-2H3;1-2H,(H,5,6)(H,7,8)/b;2-1-. The van der Waals surface area contributed by atoms with Crippen LogP contribution in [-0.4, -0.2) is 43.2 Å². The molecule has 3 rings (SSSR count). The number of rotatable bonds is 8. The Morgan fingerprint density at radius 3 is 1.84 bits per heavy atom. The molecule has 0 aliphatic heterocycles. The first-order valence-corrected chi connectivity index (χ1v) is 10.8. The number of carboxylic acid groups (broad SMARTS) is 2. The van der Waals surface area contributed by atoms with Crippen molar-refractivity contribution in [2.75, 3.05) is 5.75 Å². The molecule has 0 aliphatic rings. The van der Waals surface area contributed by atoms with Crippen molar-refractivity contribution in [2.45, 2.75) is 25.5 Å². The van der Waals surface area contributed by atoms with E-state index in [0.717, 1.165) is 34.2 Å². The molecule has 8 heteroatoms. The average molecular weight is 453 g/mol. The summed E-state index contributed by atoms with van der Waals surface area (Å²) in [6.45, 7) is 4.54. The maximum absolute atomic E-state index is 11.4. The molecule has 0 fully saturated rings. The van der Waals surface area contributed by atoms with E-state index < -0.39 is 11.9 Å². The molecule has 0 aliphatic carbocycles. The second kappa shape index (κ2) is 12.3. The van der Waals surface area contributed by atoms with Crippen LogP contribution in [0.5, 0.6) is 0 Å². The summed E-state index contributed by atoms with van der Waals surface area (Å²) in [5, 5.41) is 16.5. The van der Waals surface area contributed by atoms with Crippen LogP contribution in [0.15, 0.2) is 78.0 Å². The number of Topliss-reactive ketones (excluding diaryl/α,β-unsaturated/α-hetero) is 1. The molecular formula is C24H24N2O5S. The van der Waals surface area contributed by atoms with Crippen LogP contribution < -0.4 is 0 Å². The van der Waals surface area contributed by atoms with Gasteiger partial charge in [0.15, 0.2) is 5.16 Å². The number of nitrogens with zero attached hydrogens (tertiary/aromatic N) is 2. The topological polar surface area (TPSA) is 109 Å². The molecule has 166 valence electrons. The molecule has 0 saturated carbocycles. The van der Waals surface area contributed by atoms with E-state index >= 15 is 0 Å². The van der Waals surface area contributed by atoms with Crippen molar-refractivity contribution in [1.82, 2.24) is 9.55 Å². The van der Waals surface area contributed by atoms with E-state index in [1.165, 1.54) is 11.8 Å². The lowest BCUT2D eigenvalue weighted by atomic mass is 10.0. The van der Waals surface area contributed by atoms with E-state index in [1.807, 2.05) is 36.4 Å². The highest BCUT2D eigenvalue weighted by atomic mass is 32.2. The molecule has 1 aromatic heterocycles. The van der Waals surface area contributed by atoms with Gasteiger partial charge in [0.1, 0.15) is 5.78 Å². The second-order valence-corrected chi connectivity index (χ2v) is 7.51. The molecule has 2 aromatic carbocycles. The summed E-state index contributed by atoms with van der Waals surface area (Å²) in [5.41, 5.74) is 4.30. The van der Waals surface area contributed by atoms with Crippen LogP contribution in [0.4, 0.5) is 0 Å². The number of benzene rings is 2. The number of aliphatic carboxylic acids is 2. The van der Waals surface area contributed by atoms with Gasteiger partial charge in [-0.05, 0) is 13.8 Å². The third-order valence-electron chi connectivity index (χ3n) is 4.12. The first-order valence-electron chi connectivity index (χ1n) is 9.81. The first-order chi connectivity index (χ1) is 15.3. The number of aromatic nitrogens is 2. The van der Waals surface area contributed by atoms with Crippen molar-refractivity contribution in [3.05, 3.63) is 72.8 Å². The number of carbonyl (C=O) groups is 3. The van der Waals surface area contributed by atoms with Gasteiger partial charge in [-0.1, -0.05) is 72.4 Å². The van der Waals surface area contributed by atoms with Gasteiger partial charge in [0.25, 0.3) is 0 Å². The van der Waals surface area contributed by atoms with Crippen LogP contribution in [0.25, 0.3) is 22.5 Å². The quantitative estimate of drug-likeness (QED) is 0.379. The largest absolute Gasteiger partial charge is 0.478 e. The van der Waals surface area contributed by atoms with Gasteiger partial charge in [-0.25, -0.2) is 14.6 Å². The van der Waals surface area contributed by atoms with E-state index in [1.54, 1.807) is 6.92 Å².